The number of ketones is 1. The number of ether oxygens (including phenoxy) is 2. The highest BCUT2D eigenvalue weighted by Crippen LogP contribution is 2.32. The molecule has 19 heavy (non-hydrogen) atoms. The third-order valence-electron chi connectivity index (χ3n) is 2.65. The van der Waals surface area contributed by atoms with Crippen LogP contribution in [0.15, 0.2) is 18.2 Å². The Balaban J connectivity index is 2.11. The average Bonchev–Trinajstić information content (AvgIpc) is 2.84. The summed E-state index contributed by atoms with van der Waals surface area (Å²) < 4.78 is 47.8. The Labute approximate surface area is 107 Å². The molecule has 1 aromatic carbocycles. The standard InChI is InChI=1S/C12H12F3NO3/c1-7(16-12(14,15)5-13)11(17)8-2-3-9-10(4-8)19-6-18-9/h2-4,7,16H,5-6H2,1H3. The molecule has 2 rings (SSSR count). The van der Waals surface area contributed by atoms with Gasteiger partial charge in [-0.15, -0.1) is 0 Å². The van der Waals surface area contributed by atoms with E-state index in [2.05, 4.69) is 0 Å². The van der Waals surface area contributed by atoms with Crippen LogP contribution in [0, 0.1) is 0 Å². The second-order valence-corrected chi connectivity index (χ2v) is 4.14. The predicted molar refractivity (Wildman–Crippen MR) is 60.4 cm³/mol. The summed E-state index contributed by atoms with van der Waals surface area (Å²) in [6.07, 6.45) is 0. The van der Waals surface area contributed by atoms with E-state index in [9.17, 15) is 18.0 Å². The van der Waals surface area contributed by atoms with Crippen LogP contribution in [-0.4, -0.2) is 31.3 Å². The molecule has 0 saturated heterocycles. The highest BCUT2D eigenvalue weighted by molar-refractivity contribution is 6.00. The van der Waals surface area contributed by atoms with Crippen LogP contribution >= 0.6 is 0 Å². The molecular weight excluding hydrogens is 263 g/mol. The third kappa shape index (κ3) is 2.98. The zero-order valence-corrected chi connectivity index (χ0v) is 10.1. The Hall–Kier alpha value is -1.76. The van der Waals surface area contributed by atoms with Gasteiger partial charge in [0.05, 0.1) is 6.04 Å². The van der Waals surface area contributed by atoms with Crippen LogP contribution in [0.3, 0.4) is 0 Å². The van der Waals surface area contributed by atoms with Gasteiger partial charge >= 0.3 is 6.05 Å². The van der Waals surface area contributed by atoms with E-state index in [1.54, 1.807) is 5.32 Å². The number of halogens is 3. The fourth-order valence-electron chi connectivity index (χ4n) is 1.72. The number of nitrogens with one attached hydrogen (secondary N) is 1. The Kier molecular flexibility index (Phi) is 3.66. The number of carbonyl (C=O) groups is 1. The van der Waals surface area contributed by atoms with Crippen LogP contribution in [0.4, 0.5) is 13.2 Å². The van der Waals surface area contributed by atoms with Crippen molar-refractivity contribution in [3.05, 3.63) is 23.8 Å². The molecule has 1 aliphatic rings. The van der Waals surface area contributed by atoms with E-state index in [0.29, 0.717) is 11.5 Å². The van der Waals surface area contributed by atoms with Gasteiger partial charge in [-0.2, -0.15) is 8.78 Å². The lowest BCUT2D eigenvalue weighted by molar-refractivity contribution is -0.0600. The van der Waals surface area contributed by atoms with E-state index in [1.165, 1.54) is 25.1 Å². The van der Waals surface area contributed by atoms with Crippen molar-refractivity contribution < 1.29 is 27.4 Å². The van der Waals surface area contributed by atoms with Gasteiger partial charge in [0.25, 0.3) is 0 Å². The van der Waals surface area contributed by atoms with Crippen LogP contribution in [-0.2, 0) is 0 Å². The number of fused-ring (bicyclic) bond motifs is 1. The second-order valence-electron chi connectivity index (χ2n) is 4.14. The lowest BCUT2D eigenvalue weighted by atomic mass is 10.0. The summed E-state index contributed by atoms with van der Waals surface area (Å²) in [4.78, 5) is 11.9. The normalized spacial score (nSPS) is 15.4. The van der Waals surface area contributed by atoms with Gasteiger partial charge in [-0.25, -0.2) is 9.71 Å². The first kappa shape index (κ1) is 13.7. The van der Waals surface area contributed by atoms with Crippen molar-refractivity contribution in [1.82, 2.24) is 5.32 Å². The van der Waals surface area contributed by atoms with E-state index in [4.69, 9.17) is 9.47 Å². The summed E-state index contributed by atoms with van der Waals surface area (Å²) in [6, 6.07) is -0.551. The summed E-state index contributed by atoms with van der Waals surface area (Å²) in [5.74, 6) is 0.299. The summed E-state index contributed by atoms with van der Waals surface area (Å²) in [5.41, 5.74) is 0.193. The van der Waals surface area contributed by atoms with Crippen molar-refractivity contribution in [1.29, 1.82) is 0 Å². The topological polar surface area (TPSA) is 47.6 Å². The summed E-state index contributed by atoms with van der Waals surface area (Å²) >= 11 is 0. The van der Waals surface area contributed by atoms with Crippen LogP contribution in [0.2, 0.25) is 0 Å². The van der Waals surface area contributed by atoms with Crippen molar-refractivity contribution in [3.8, 4) is 11.5 Å². The molecule has 104 valence electrons. The van der Waals surface area contributed by atoms with E-state index >= 15 is 0 Å². The molecule has 1 aliphatic heterocycles. The van der Waals surface area contributed by atoms with Crippen LogP contribution in [0.5, 0.6) is 11.5 Å². The Morgan fingerprint density at radius 1 is 1.42 bits per heavy atom. The zero-order chi connectivity index (χ0) is 14.0. The summed E-state index contributed by atoms with van der Waals surface area (Å²) in [7, 11) is 0. The molecule has 0 fully saturated rings. The van der Waals surface area contributed by atoms with Gasteiger partial charge in [-0.1, -0.05) is 0 Å². The Morgan fingerprint density at radius 3 is 2.79 bits per heavy atom. The van der Waals surface area contributed by atoms with Crippen LogP contribution < -0.4 is 14.8 Å². The molecule has 0 amide bonds. The number of carbonyl (C=O) groups excluding carboxylic acids is 1. The number of hydrogen-bond acceptors (Lipinski definition) is 4. The number of benzene rings is 1. The monoisotopic (exact) mass is 275 g/mol. The van der Waals surface area contributed by atoms with Crippen molar-refractivity contribution in [2.75, 3.05) is 13.5 Å². The van der Waals surface area contributed by atoms with E-state index in [-0.39, 0.29) is 12.4 Å². The SMILES string of the molecule is CC(NC(F)(F)CF)C(=O)c1ccc2c(c1)OCO2. The number of hydrogen-bond donors (Lipinski definition) is 1. The minimum Gasteiger partial charge on any atom is -0.454 e. The van der Waals surface area contributed by atoms with Crippen molar-refractivity contribution in [3.63, 3.8) is 0 Å². The van der Waals surface area contributed by atoms with Crippen molar-refractivity contribution in [2.45, 2.75) is 19.0 Å². The molecule has 1 heterocycles. The van der Waals surface area contributed by atoms with Crippen LogP contribution in [0.25, 0.3) is 0 Å². The number of alkyl halides is 3. The predicted octanol–water partition coefficient (Wildman–Crippen LogP) is 2.14. The first-order chi connectivity index (χ1) is 8.93. The third-order valence-corrected chi connectivity index (χ3v) is 2.65. The minimum atomic E-state index is -3.72. The Morgan fingerprint density at radius 2 is 2.11 bits per heavy atom. The summed E-state index contributed by atoms with van der Waals surface area (Å²) in [6.45, 7) is -0.567. The molecule has 0 bridgehead atoms. The highest BCUT2D eigenvalue weighted by Gasteiger charge is 2.33. The first-order valence-electron chi connectivity index (χ1n) is 5.58. The quantitative estimate of drug-likeness (QED) is 0.660. The van der Waals surface area contributed by atoms with E-state index in [1.807, 2.05) is 0 Å². The van der Waals surface area contributed by atoms with E-state index in [0.717, 1.165) is 0 Å². The van der Waals surface area contributed by atoms with Crippen molar-refractivity contribution in [2.24, 2.45) is 0 Å². The molecule has 0 aliphatic carbocycles. The number of Topliss-reactive ketones (excluding diaryl/α,β-unsaturated/α-hetero) is 1. The minimum absolute atomic E-state index is 0.0563. The van der Waals surface area contributed by atoms with Gasteiger partial charge < -0.3 is 9.47 Å². The molecule has 0 radical (unpaired) electrons. The van der Waals surface area contributed by atoms with Gasteiger partial charge in [0.2, 0.25) is 6.79 Å². The molecule has 7 heteroatoms. The van der Waals surface area contributed by atoms with Gasteiger partial charge in [-0.05, 0) is 25.1 Å². The highest BCUT2D eigenvalue weighted by atomic mass is 19.3. The molecule has 1 N–H and O–H groups in total. The summed E-state index contributed by atoms with van der Waals surface area (Å²) in [5, 5.41) is 1.64. The lowest BCUT2D eigenvalue weighted by Gasteiger charge is -2.19. The molecule has 0 saturated carbocycles. The van der Waals surface area contributed by atoms with Gasteiger partial charge in [-0.3, -0.25) is 4.79 Å². The molecule has 0 aromatic heterocycles. The number of rotatable bonds is 5. The molecule has 1 atom stereocenters. The maximum atomic E-state index is 12.8. The van der Waals surface area contributed by atoms with E-state index < -0.39 is 24.5 Å². The fraction of sp³-hybridized carbons (Fsp3) is 0.417. The van der Waals surface area contributed by atoms with Crippen molar-refractivity contribution >= 4 is 5.78 Å². The molecule has 1 unspecified atom stereocenters. The van der Waals surface area contributed by atoms with Gasteiger partial charge in [0.1, 0.15) is 0 Å². The second kappa shape index (κ2) is 5.08. The smallest absolute Gasteiger partial charge is 0.331 e. The Bertz CT molecular complexity index is 493. The molecular formula is C12H12F3NO3. The average molecular weight is 275 g/mol. The lowest BCUT2D eigenvalue weighted by Crippen LogP contribution is -2.47. The first-order valence-corrected chi connectivity index (χ1v) is 5.58. The van der Waals surface area contributed by atoms with Gasteiger partial charge in [0.15, 0.2) is 24.0 Å². The largest absolute Gasteiger partial charge is 0.454 e. The zero-order valence-electron chi connectivity index (χ0n) is 10.1. The van der Waals surface area contributed by atoms with Gasteiger partial charge in [0, 0.05) is 5.56 Å². The maximum absolute atomic E-state index is 12.8. The molecule has 0 spiro atoms. The maximum Gasteiger partial charge on any atom is 0.331 e. The van der Waals surface area contributed by atoms with Crippen LogP contribution in [0.1, 0.15) is 17.3 Å². The fourth-order valence-corrected chi connectivity index (χ4v) is 1.72. The molecule has 4 nitrogen and oxygen atoms in total. The molecule has 1 aromatic rings.